The first-order valence-corrected chi connectivity index (χ1v) is 5.17. The molecule has 0 saturated heterocycles. The molecule has 70 valence electrons. The monoisotopic (exact) mass is 223 g/mol. The third-order valence-electron chi connectivity index (χ3n) is 1.93. The second-order valence-corrected chi connectivity index (χ2v) is 4.45. The van der Waals surface area contributed by atoms with Crippen LogP contribution in [0.25, 0.3) is 10.1 Å². The van der Waals surface area contributed by atoms with E-state index in [1.807, 2.05) is 12.1 Å². The first kappa shape index (κ1) is 9.47. The van der Waals surface area contributed by atoms with Crippen LogP contribution in [0, 0.1) is 11.3 Å². The summed E-state index contributed by atoms with van der Waals surface area (Å²) in [7, 11) is 0. The van der Waals surface area contributed by atoms with E-state index >= 15 is 0 Å². The number of rotatable bonds is 1. The smallest absolute Gasteiger partial charge is 0.0999 e. The van der Waals surface area contributed by atoms with Crippen molar-refractivity contribution >= 4 is 33.0 Å². The van der Waals surface area contributed by atoms with E-state index in [0.717, 1.165) is 15.0 Å². The Morgan fingerprint density at radius 1 is 1.43 bits per heavy atom. The number of aliphatic hydroxyl groups is 1. The summed E-state index contributed by atoms with van der Waals surface area (Å²) >= 11 is 7.30. The molecule has 0 amide bonds. The first-order chi connectivity index (χ1) is 6.74. The van der Waals surface area contributed by atoms with Gasteiger partial charge in [0.15, 0.2) is 0 Å². The Morgan fingerprint density at radius 3 is 2.86 bits per heavy atom. The lowest BCUT2D eigenvalue weighted by Gasteiger charge is -1.93. The number of hydrogen-bond donors (Lipinski definition) is 1. The van der Waals surface area contributed by atoms with Gasteiger partial charge in [-0.2, -0.15) is 5.26 Å². The van der Waals surface area contributed by atoms with Crippen molar-refractivity contribution in [2.24, 2.45) is 0 Å². The highest BCUT2D eigenvalue weighted by atomic mass is 35.5. The summed E-state index contributed by atoms with van der Waals surface area (Å²) in [6, 6.07) is 7.36. The van der Waals surface area contributed by atoms with Gasteiger partial charge in [-0.05, 0) is 18.2 Å². The van der Waals surface area contributed by atoms with Gasteiger partial charge in [0.1, 0.15) is 0 Å². The maximum absolute atomic E-state index is 8.97. The van der Waals surface area contributed by atoms with E-state index in [-0.39, 0.29) is 6.61 Å². The fraction of sp³-hybridized carbons (Fsp3) is 0.100. The van der Waals surface area contributed by atoms with Crippen LogP contribution in [0.5, 0.6) is 0 Å². The van der Waals surface area contributed by atoms with Crippen molar-refractivity contribution in [1.82, 2.24) is 0 Å². The van der Waals surface area contributed by atoms with Crippen molar-refractivity contribution in [3.05, 3.63) is 33.7 Å². The van der Waals surface area contributed by atoms with Crippen molar-refractivity contribution < 1.29 is 5.11 Å². The van der Waals surface area contributed by atoms with E-state index < -0.39 is 0 Å². The molecule has 4 heteroatoms. The third kappa shape index (κ3) is 1.48. The molecule has 0 unspecified atom stereocenters. The summed E-state index contributed by atoms with van der Waals surface area (Å²) in [6.07, 6.45) is 0. The number of halogens is 1. The molecule has 0 bridgehead atoms. The van der Waals surface area contributed by atoms with Gasteiger partial charge in [0, 0.05) is 20.0 Å². The number of hydrogen-bond acceptors (Lipinski definition) is 3. The van der Waals surface area contributed by atoms with E-state index in [2.05, 4.69) is 6.07 Å². The number of fused-ring (bicyclic) bond motifs is 1. The molecule has 2 aromatic rings. The highest BCUT2D eigenvalue weighted by Crippen LogP contribution is 2.31. The van der Waals surface area contributed by atoms with Crippen LogP contribution in [0.4, 0.5) is 0 Å². The van der Waals surface area contributed by atoms with Gasteiger partial charge in [-0.25, -0.2) is 0 Å². The van der Waals surface area contributed by atoms with Gasteiger partial charge in [-0.15, -0.1) is 11.3 Å². The molecule has 0 aliphatic rings. The first-order valence-electron chi connectivity index (χ1n) is 3.97. The lowest BCUT2D eigenvalue weighted by atomic mass is 10.1. The normalized spacial score (nSPS) is 10.4. The fourth-order valence-corrected chi connectivity index (χ4v) is 2.60. The largest absolute Gasteiger partial charge is 0.391 e. The molecule has 2 rings (SSSR count). The molecule has 1 heterocycles. The lowest BCUT2D eigenvalue weighted by Crippen LogP contribution is -1.75. The molecule has 0 spiro atoms. The Kier molecular flexibility index (Phi) is 2.42. The minimum Gasteiger partial charge on any atom is -0.391 e. The molecule has 1 aromatic carbocycles. The zero-order valence-electron chi connectivity index (χ0n) is 7.12. The summed E-state index contributed by atoms with van der Waals surface area (Å²) in [5.41, 5.74) is 0.559. The molecule has 2 nitrogen and oxygen atoms in total. The molecule has 0 aliphatic carbocycles. The Bertz CT molecular complexity index is 527. The summed E-state index contributed by atoms with van der Waals surface area (Å²) in [4.78, 5) is 0.846. The molecule has 1 aromatic heterocycles. The van der Waals surface area contributed by atoms with Crippen molar-refractivity contribution in [1.29, 1.82) is 5.26 Å². The van der Waals surface area contributed by atoms with Crippen molar-refractivity contribution in [2.75, 3.05) is 0 Å². The predicted octanol–water partition coefficient (Wildman–Crippen LogP) is 2.92. The number of benzene rings is 1. The van der Waals surface area contributed by atoms with Gasteiger partial charge < -0.3 is 5.11 Å². The average Bonchev–Trinajstić information content (AvgIpc) is 2.59. The molecule has 14 heavy (non-hydrogen) atoms. The standard InChI is InChI=1S/C10H6ClNOS/c11-7-1-6(4-12)9-3-8(5-13)14-10(9)2-7/h1-3,13H,5H2. The minimum absolute atomic E-state index is 0.00182. The van der Waals surface area contributed by atoms with E-state index in [1.54, 1.807) is 6.07 Å². The number of thiophene rings is 1. The highest BCUT2D eigenvalue weighted by Gasteiger charge is 2.06. The number of aliphatic hydroxyl groups excluding tert-OH is 1. The van der Waals surface area contributed by atoms with Gasteiger partial charge in [0.05, 0.1) is 18.2 Å². The van der Waals surface area contributed by atoms with Crippen LogP contribution >= 0.6 is 22.9 Å². The molecule has 0 atom stereocenters. The van der Waals surface area contributed by atoms with E-state index in [0.29, 0.717) is 10.6 Å². The second kappa shape index (κ2) is 3.58. The number of nitrogens with zero attached hydrogens (tertiary/aromatic N) is 1. The number of nitriles is 1. The average molecular weight is 224 g/mol. The lowest BCUT2D eigenvalue weighted by molar-refractivity contribution is 0.285. The predicted molar refractivity (Wildman–Crippen MR) is 57.5 cm³/mol. The van der Waals surface area contributed by atoms with Crippen LogP contribution in [0.3, 0.4) is 0 Å². The fourth-order valence-electron chi connectivity index (χ4n) is 1.33. The van der Waals surface area contributed by atoms with Crippen LogP contribution in [0.15, 0.2) is 18.2 Å². The molecule has 0 saturated carbocycles. The van der Waals surface area contributed by atoms with Crippen LogP contribution in [-0.4, -0.2) is 5.11 Å². The summed E-state index contributed by atoms with van der Waals surface area (Å²) < 4.78 is 0.943. The second-order valence-electron chi connectivity index (χ2n) is 2.85. The molecular weight excluding hydrogens is 218 g/mol. The molecule has 0 aliphatic heterocycles. The Hall–Kier alpha value is -1.08. The SMILES string of the molecule is N#Cc1cc(Cl)cc2sc(CO)cc12. The van der Waals surface area contributed by atoms with Crippen molar-refractivity contribution in [3.8, 4) is 6.07 Å². The van der Waals surface area contributed by atoms with Gasteiger partial charge in [0.2, 0.25) is 0 Å². The quantitative estimate of drug-likeness (QED) is 0.808. The third-order valence-corrected chi connectivity index (χ3v) is 3.21. The zero-order chi connectivity index (χ0) is 10.1. The van der Waals surface area contributed by atoms with Gasteiger partial charge in [0.25, 0.3) is 0 Å². The van der Waals surface area contributed by atoms with Crippen molar-refractivity contribution in [3.63, 3.8) is 0 Å². The highest BCUT2D eigenvalue weighted by molar-refractivity contribution is 7.19. The van der Waals surface area contributed by atoms with Gasteiger partial charge in [-0.3, -0.25) is 0 Å². The summed E-state index contributed by atoms with van der Waals surface area (Å²) in [5, 5.41) is 19.3. The van der Waals surface area contributed by atoms with Crippen LogP contribution < -0.4 is 0 Å². The van der Waals surface area contributed by atoms with E-state index in [4.69, 9.17) is 22.0 Å². The maximum atomic E-state index is 8.97. The Morgan fingerprint density at radius 2 is 2.21 bits per heavy atom. The van der Waals surface area contributed by atoms with E-state index in [1.165, 1.54) is 11.3 Å². The summed E-state index contributed by atoms with van der Waals surface area (Å²) in [5.74, 6) is 0. The van der Waals surface area contributed by atoms with Crippen molar-refractivity contribution in [2.45, 2.75) is 6.61 Å². The van der Waals surface area contributed by atoms with Crippen LogP contribution in [0.1, 0.15) is 10.4 Å². The van der Waals surface area contributed by atoms with E-state index in [9.17, 15) is 0 Å². The molecule has 0 radical (unpaired) electrons. The summed E-state index contributed by atoms with van der Waals surface area (Å²) in [6.45, 7) is 0.00182. The zero-order valence-corrected chi connectivity index (χ0v) is 8.69. The molecule has 0 fully saturated rings. The molecule has 1 N–H and O–H groups in total. The Balaban J connectivity index is 2.79. The van der Waals surface area contributed by atoms with Crippen LogP contribution in [0.2, 0.25) is 5.02 Å². The van der Waals surface area contributed by atoms with Gasteiger partial charge >= 0.3 is 0 Å². The van der Waals surface area contributed by atoms with Crippen LogP contribution in [-0.2, 0) is 6.61 Å². The maximum Gasteiger partial charge on any atom is 0.0999 e. The topological polar surface area (TPSA) is 44.0 Å². The van der Waals surface area contributed by atoms with Gasteiger partial charge in [-0.1, -0.05) is 11.6 Å². The molecular formula is C10H6ClNOS. The Labute approximate surface area is 90.0 Å². The minimum atomic E-state index is 0.00182.